The molecule has 0 N–H and O–H groups in total. The number of piperidine rings is 1. The predicted molar refractivity (Wildman–Crippen MR) is 102 cm³/mol. The molecule has 0 bridgehead atoms. The van der Waals surface area contributed by atoms with Crippen LogP contribution in [0.4, 0.5) is 11.5 Å². The van der Waals surface area contributed by atoms with Gasteiger partial charge in [0.2, 0.25) is 0 Å². The first-order valence-corrected chi connectivity index (χ1v) is 9.14. The number of benzene rings is 1. The van der Waals surface area contributed by atoms with Gasteiger partial charge in [0.15, 0.2) is 0 Å². The van der Waals surface area contributed by atoms with Gasteiger partial charge >= 0.3 is 0 Å². The maximum atomic E-state index is 4.74. The molecule has 3 rings (SSSR count). The fourth-order valence-electron chi connectivity index (χ4n) is 3.75. The van der Waals surface area contributed by atoms with Crippen LogP contribution in [0.15, 0.2) is 48.7 Å². The molecule has 0 spiro atoms. The molecule has 3 heteroatoms. The molecule has 0 radical (unpaired) electrons. The van der Waals surface area contributed by atoms with E-state index in [0.29, 0.717) is 12.0 Å². The van der Waals surface area contributed by atoms with E-state index in [9.17, 15) is 0 Å². The summed E-state index contributed by atoms with van der Waals surface area (Å²) in [6.07, 6.45) is 5.76. The van der Waals surface area contributed by atoms with Crippen molar-refractivity contribution in [2.24, 2.45) is 5.92 Å². The Morgan fingerprint density at radius 1 is 1.12 bits per heavy atom. The number of anilines is 2. The second-order valence-electron chi connectivity index (χ2n) is 7.21. The summed E-state index contributed by atoms with van der Waals surface area (Å²) in [6.45, 7) is 6.98. The SMILES string of the molecule is CC(C)CN1CCCC[C@@H]1c1cccnc1N(C)c1ccccc1. The topological polar surface area (TPSA) is 19.4 Å². The van der Waals surface area contributed by atoms with Gasteiger partial charge < -0.3 is 4.90 Å². The van der Waals surface area contributed by atoms with Gasteiger partial charge in [-0.25, -0.2) is 4.98 Å². The van der Waals surface area contributed by atoms with Crippen molar-refractivity contribution in [3.05, 3.63) is 54.2 Å². The average molecular weight is 323 g/mol. The molecule has 24 heavy (non-hydrogen) atoms. The number of rotatable bonds is 5. The first kappa shape index (κ1) is 17.0. The highest BCUT2D eigenvalue weighted by Crippen LogP contribution is 2.37. The lowest BCUT2D eigenvalue weighted by Crippen LogP contribution is -2.36. The Morgan fingerprint density at radius 3 is 2.67 bits per heavy atom. The Balaban J connectivity index is 1.93. The van der Waals surface area contributed by atoms with Crippen LogP contribution in [0.3, 0.4) is 0 Å². The molecule has 0 aliphatic carbocycles. The lowest BCUT2D eigenvalue weighted by atomic mass is 9.94. The lowest BCUT2D eigenvalue weighted by molar-refractivity contribution is 0.132. The summed E-state index contributed by atoms with van der Waals surface area (Å²) in [4.78, 5) is 9.62. The highest BCUT2D eigenvalue weighted by atomic mass is 15.2. The summed E-state index contributed by atoms with van der Waals surface area (Å²) >= 11 is 0. The Labute approximate surface area is 146 Å². The molecule has 1 saturated heterocycles. The molecule has 0 amide bonds. The zero-order valence-corrected chi connectivity index (χ0v) is 15.2. The van der Waals surface area contributed by atoms with Gasteiger partial charge in [-0.3, -0.25) is 4.90 Å². The molecule has 1 aromatic heterocycles. The van der Waals surface area contributed by atoms with Crippen molar-refractivity contribution in [1.29, 1.82) is 0 Å². The third kappa shape index (κ3) is 3.78. The molecule has 1 aromatic carbocycles. The second-order valence-corrected chi connectivity index (χ2v) is 7.21. The first-order chi connectivity index (χ1) is 11.7. The van der Waals surface area contributed by atoms with E-state index < -0.39 is 0 Å². The minimum Gasteiger partial charge on any atom is -0.329 e. The quantitative estimate of drug-likeness (QED) is 0.769. The van der Waals surface area contributed by atoms with Gasteiger partial charge in [0.05, 0.1) is 0 Å². The van der Waals surface area contributed by atoms with Gasteiger partial charge in [0.1, 0.15) is 5.82 Å². The average Bonchev–Trinajstić information content (AvgIpc) is 2.62. The van der Waals surface area contributed by atoms with E-state index >= 15 is 0 Å². The number of nitrogens with zero attached hydrogens (tertiary/aromatic N) is 3. The lowest BCUT2D eigenvalue weighted by Gasteiger charge is -2.38. The number of hydrogen-bond donors (Lipinski definition) is 0. The molecule has 128 valence electrons. The highest BCUT2D eigenvalue weighted by Gasteiger charge is 2.27. The van der Waals surface area contributed by atoms with Crippen LogP contribution < -0.4 is 4.90 Å². The summed E-state index contributed by atoms with van der Waals surface area (Å²) in [5.41, 5.74) is 2.55. The largest absolute Gasteiger partial charge is 0.329 e. The molecule has 3 nitrogen and oxygen atoms in total. The summed E-state index contributed by atoms with van der Waals surface area (Å²) in [5.74, 6) is 1.78. The monoisotopic (exact) mass is 323 g/mol. The van der Waals surface area contributed by atoms with Gasteiger partial charge in [-0.05, 0) is 43.5 Å². The molecule has 1 aliphatic rings. The molecule has 0 saturated carbocycles. The Kier molecular flexibility index (Phi) is 5.52. The van der Waals surface area contributed by atoms with Crippen molar-refractivity contribution < 1.29 is 0 Å². The van der Waals surface area contributed by atoms with Crippen molar-refractivity contribution in [1.82, 2.24) is 9.88 Å². The Bertz CT molecular complexity index is 639. The summed E-state index contributed by atoms with van der Waals surface area (Å²) < 4.78 is 0. The smallest absolute Gasteiger partial charge is 0.137 e. The van der Waals surface area contributed by atoms with Gasteiger partial charge in [0, 0.05) is 37.1 Å². The molecular weight excluding hydrogens is 294 g/mol. The standard InChI is InChI=1S/C21H29N3/c1-17(2)16-24-15-8-7-13-20(24)19-12-9-14-22-21(19)23(3)18-10-5-4-6-11-18/h4-6,9-12,14,17,20H,7-8,13,15-16H2,1-3H3/t20-/m1/s1. The number of aromatic nitrogens is 1. The third-order valence-corrected chi connectivity index (χ3v) is 4.85. The van der Waals surface area contributed by atoms with E-state index in [-0.39, 0.29) is 0 Å². The van der Waals surface area contributed by atoms with Gasteiger partial charge in [-0.1, -0.05) is 44.5 Å². The fourth-order valence-corrected chi connectivity index (χ4v) is 3.75. The Hall–Kier alpha value is -1.87. The Morgan fingerprint density at radius 2 is 1.92 bits per heavy atom. The van der Waals surface area contributed by atoms with Crippen LogP contribution in [0, 0.1) is 5.92 Å². The summed E-state index contributed by atoms with van der Waals surface area (Å²) in [6, 6.07) is 15.3. The molecule has 1 atom stereocenters. The van der Waals surface area contributed by atoms with Crippen molar-refractivity contribution in [3.63, 3.8) is 0 Å². The molecular formula is C21H29N3. The van der Waals surface area contributed by atoms with Crippen LogP contribution in [0.1, 0.15) is 44.7 Å². The molecule has 0 unspecified atom stereocenters. The molecule has 1 aliphatic heterocycles. The van der Waals surface area contributed by atoms with Gasteiger partial charge in [0.25, 0.3) is 0 Å². The summed E-state index contributed by atoms with van der Waals surface area (Å²) in [7, 11) is 2.12. The zero-order valence-electron chi connectivity index (χ0n) is 15.2. The van der Waals surface area contributed by atoms with Gasteiger partial charge in [-0.15, -0.1) is 0 Å². The van der Waals surface area contributed by atoms with Crippen LogP contribution in [0.25, 0.3) is 0 Å². The number of para-hydroxylation sites is 1. The van der Waals surface area contributed by atoms with Crippen molar-refractivity contribution >= 4 is 11.5 Å². The van der Waals surface area contributed by atoms with E-state index in [1.165, 1.54) is 37.1 Å². The van der Waals surface area contributed by atoms with E-state index in [4.69, 9.17) is 4.98 Å². The number of likely N-dealkylation sites (tertiary alicyclic amines) is 1. The van der Waals surface area contributed by atoms with Crippen LogP contribution in [-0.2, 0) is 0 Å². The van der Waals surface area contributed by atoms with Crippen molar-refractivity contribution in [2.45, 2.75) is 39.2 Å². The van der Waals surface area contributed by atoms with Crippen molar-refractivity contribution in [2.75, 3.05) is 25.0 Å². The third-order valence-electron chi connectivity index (χ3n) is 4.85. The second kappa shape index (κ2) is 7.80. The molecule has 2 aromatic rings. The van der Waals surface area contributed by atoms with Gasteiger partial charge in [-0.2, -0.15) is 0 Å². The minimum atomic E-state index is 0.482. The van der Waals surface area contributed by atoms with E-state index in [0.717, 1.165) is 12.4 Å². The zero-order chi connectivity index (χ0) is 16.9. The molecule has 1 fully saturated rings. The van der Waals surface area contributed by atoms with Crippen LogP contribution in [-0.4, -0.2) is 30.0 Å². The summed E-state index contributed by atoms with van der Waals surface area (Å²) in [5, 5.41) is 0. The highest BCUT2D eigenvalue weighted by molar-refractivity contribution is 5.62. The predicted octanol–water partition coefficient (Wildman–Crippen LogP) is 5.03. The minimum absolute atomic E-state index is 0.482. The van der Waals surface area contributed by atoms with E-state index in [1.54, 1.807) is 0 Å². The van der Waals surface area contributed by atoms with Crippen LogP contribution in [0.5, 0.6) is 0 Å². The maximum absolute atomic E-state index is 4.74. The number of pyridine rings is 1. The first-order valence-electron chi connectivity index (χ1n) is 9.14. The van der Waals surface area contributed by atoms with E-state index in [2.05, 4.69) is 73.2 Å². The van der Waals surface area contributed by atoms with E-state index in [1.807, 2.05) is 6.20 Å². The van der Waals surface area contributed by atoms with Crippen LogP contribution in [0.2, 0.25) is 0 Å². The number of hydrogen-bond acceptors (Lipinski definition) is 3. The van der Waals surface area contributed by atoms with Crippen molar-refractivity contribution in [3.8, 4) is 0 Å². The molecule has 2 heterocycles. The fraction of sp³-hybridized carbons (Fsp3) is 0.476. The maximum Gasteiger partial charge on any atom is 0.137 e. The van der Waals surface area contributed by atoms with Crippen LogP contribution >= 0.6 is 0 Å². The normalized spacial score (nSPS) is 18.8.